The van der Waals surface area contributed by atoms with Crippen molar-refractivity contribution in [2.75, 3.05) is 0 Å². The van der Waals surface area contributed by atoms with E-state index in [0.29, 0.717) is 11.1 Å². The lowest BCUT2D eigenvalue weighted by Gasteiger charge is -2.18. The molecule has 55 heavy (non-hydrogen) atoms. The second-order valence-electron chi connectivity index (χ2n) is 14.0. The van der Waals surface area contributed by atoms with Gasteiger partial charge in [-0.25, -0.2) is 0 Å². The van der Waals surface area contributed by atoms with E-state index in [-0.39, 0.29) is 0 Å². The average Bonchev–Trinajstić information content (AvgIpc) is 3.90. The van der Waals surface area contributed by atoms with E-state index in [9.17, 15) is 10.5 Å². The summed E-state index contributed by atoms with van der Waals surface area (Å²) in [6.45, 7) is 0. The quantitative estimate of drug-likeness (QED) is 0.184. The Hall–Kier alpha value is -7.86. The van der Waals surface area contributed by atoms with E-state index in [1.807, 2.05) is 36.4 Å². The van der Waals surface area contributed by atoms with Crippen LogP contribution >= 0.6 is 0 Å². The minimum atomic E-state index is 0.588. The Balaban J connectivity index is 1.18. The first-order valence-electron chi connectivity index (χ1n) is 18.3. The van der Waals surface area contributed by atoms with E-state index in [4.69, 9.17) is 0 Å². The highest BCUT2D eigenvalue weighted by atomic mass is 15.1. The fourth-order valence-electron chi connectivity index (χ4n) is 8.81. The fourth-order valence-corrected chi connectivity index (χ4v) is 8.81. The van der Waals surface area contributed by atoms with Crippen molar-refractivity contribution in [3.8, 4) is 40.3 Å². The monoisotopic (exact) mass is 699 g/mol. The molecule has 11 rings (SSSR count). The van der Waals surface area contributed by atoms with Crippen molar-refractivity contribution >= 4 is 65.4 Å². The van der Waals surface area contributed by atoms with Gasteiger partial charge in [0.2, 0.25) is 0 Å². The summed E-state index contributed by atoms with van der Waals surface area (Å²) in [5, 5.41) is 27.2. The van der Waals surface area contributed by atoms with Crippen molar-refractivity contribution in [2.24, 2.45) is 0 Å². The summed E-state index contributed by atoms with van der Waals surface area (Å²) in [5.41, 5.74) is 12.6. The van der Waals surface area contributed by atoms with Gasteiger partial charge in [-0.2, -0.15) is 10.5 Å². The minimum Gasteiger partial charge on any atom is -0.308 e. The van der Waals surface area contributed by atoms with Crippen LogP contribution in [0.2, 0.25) is 0 Å². The summed E-state index contributed by atoms with van der Waals surface area (Å²) < 4.78 is 6.92. The molecule has 11 aromatic rings. The number of para-hydroxylation sites is 6. The lowest BCUT2D eigenvalue weighted by atomic mass is 10.0. The number of rotatable bonds is 4. The van der Waals surface area contributed by atoms with Gasteiger partial charge in [0, 0.05) is 43.6 Å². The first kappa shape index (κ1) is 30.7. The van der Waals surface area contributed by atoms with Crippen molar-refractivity contribution in [2.45, 2.75) is 0 Å². The summed E-state index contributed by atoms with van der Waals surface area (Å²) >= 11 is 0. The van der Waals surface area contributed by atoms with Gasteiger partial charge in [-0.15, -0.1) is 0 Å². The predicted molar refractivity (Wildman–Crippen MR) is 224 cm³/mol. The highest BCUT2D eigenvalue weighted by molar-refractivity contribution is 6.15. The Bertz CT molecular complexity index is 3400. The second kappa shape index (κ2) is 11.8. The standard InChI is InChI=1S/C50H29N5/c51-30-32-23-28-36(33-24-26-35(27-25-33)53-43-18-5-3-14-39(43)41-16-9-11-34(31-52)49(41)53)48(29-32)55-46-21-8-4-15-40(46)42-17-10-22-47(50(42)55)54-44-19-6-1-12-37(44)38-13-2-7-20-45(38)54/h1-29H. The van der Waals surface area contributed by atoms with Gasteiger partial charge >= 0.3 is 0 Å². The Kier molecular flexibility index (Phi) is 6.61. The van der Waals surface area contributed by atoms with Crippen molar-refractivity contribution in [1.82, 2.24) is 13.7 Å². The maximum absolute atomic E-state index is 10.3. The highest BCUT2D eigenvalue weighted by Gasteiger charge is 2.22. The van der Waals surface area contributed by atoms with Crippen molar-refractivity contribution in [1.29, 1.82) is 10.5 Å². The predicted octanol–water partition coefficient (Wildman–Crippen LogP) is 12.4. The van der Waals surface area contributed by atoms with Crippen LogP contribution in [0.5, 0.6) is 0 Å². The number of nitriles is 2. The van der Waals surface area contributed by atoms with Crippen LogP contribution in [-0.4, -0.2) is 13.7 Å². The lowest BCUT2D eigenvalue weighted by Crippen LogP contribution is -2.03. The third kappa shape index (κ3) is 4.39. The molecule has 0 spiro atoms. The third-order valence-electron chi connectivity index (χ3n) is 11.1. The van der Waals surface area contributed by atoms with Crippen molar-refractivity contribution < 1.29 is 0 Å². The molecule has 0 unspecified atom stereocenters. The van der Waals surface area contributed by atoms with Crippen LogP contribution < -0.4 is 0 Å². The average molecular weight is 700 g/mol. The summed E-state index contributed by atoms with van der Waals surface area (Å²) in [4.78, 5) is 0. The molecule has 0 fully saturated rings. The van der Waals surface area contributed by atoms with E-state index in [0.717, 1.165) is 82.8 Å². The molecular formula is C50H29N5. The Morgan fingerprint density at radius 3 is 1.47 bits per heavy atom. The fraction of sp³-hybridized carbons (Fsp3) is 0. The topological polar surface area (TPSA) is 62.4 Å². The lowest BCUT2D eigenvalue weighted by molar-refractivity contribution is 1.13. The van der Waals surface area contributed by atoms with E-state index in [2.05, 4.69) is 165 Å². The first-order chi connectivity index (χ1) is 27.2. The molecule has 0 aliphatic heterocycles. The van der Waals surface area contributed by atoms with Crippen LogP contribution in [0.15, 0.2) is 176 Å². The van der Waals surface area contributed by atoms with Crippen LogP contribution in [0.25, 0.3) is 93.6 Å². The SMILES string of the molecule is N#Cc1ccc(-c2ccc(-n3c4ccccc4c4cccc(C#N)c43)cc2)c(-n2c3ccccc3c3cccc(-n4c5ccccc5c5ccccc54)c32)c1. The molecule has 0 radical (unpaired) electrons. The number of nitrogens with zero attached hydrogens (tertiary/aromatic N) is 5. The van der Waals surface area contributed by atoms with Gasteiger partial charge in [0.1, 0.15) is 6.07 Å². The molecule has 5 heteroatoms. The number of hydrogen-bond donors (Lipinski definition) is 0. The van der Waals surface area contributed by atoms with Gasteiger partial charge in [0.15, 0.2) is 0 Å². The molecule has 254 valence electrons. The molecule has 0 amide bonds. The van der Waals surface area contributed by atoms with Gasteiger partial charge < -0.3 is 13.7 Å². The normalized spacial score (nSPS) is 11.6. The van der Waals surface area contributed by atoms with Gasteiger partial charge in [0.05, 0.1) is 61.7 Å². The molecule has 0 atom stereocenters. The minimum absolute atomic E-state index is 0.588. The smallest absolute Gasteiger partial charge is 0.101 e. The van der Waals surface area contributed by atoms with Gasteiger partial charge in [0.25, 0.3) is 0 Å². The molecule has 0 saturated heterocycles. The molecule has 0 aliphatic carbocycles. The molecule has 0 bridgehead atoms. The maximum Gasteiger partial charge on any atom is 0.101 e. The molecule has 3 aromatic heterocycles. The Labute approximate surface area is 316 Å². The van der Waals surface area contributed by atoms with Crippen LogP contribution in [0, 0.1) is 22.7 Å². The Morgan fingerprint density at radius 1 is 0.364 bits per heavy atom. The van der Waals surface area contributed by atoms with Gasteiger partial charge in [-0.1, -0.05) is 115 Å². The number of fused-ring (bicyclic) bond motifs is 9. The van der Waals surface area contributed by atoms with E-state index < -0.39 is 0 Å². The van der Waals surface area contributed by atoms with Crippen molar-refractivity contribution in [3.05, 3.63) is 187 Å². The van der Waals surface area contributed by atoms with E-state index >= 15 is 0 Å². The second-order valence-corrected chi connectivity index (χ2v) is 14.0. The van der Waals surface area contributed by atoms with E-state index in [1.54, 1.807) is 0 Å². The number of benzene rings is 8. The number of hydrogen-bond acceptors (Lipinski definition) is 2. The highest BCUT2D eigenvalue weighted by Crippen LogP contribution is 2.42. The maximum atomic E-state index is 10.3. The van der Waals surface area contributed by atoms with Crippen LogP contribution in [0.4, 0.5) is 0 Å². The van der Waals surface area contributed by atoms with Gasteiger partial charge in [-0.05, 0) is 66.2 Å². The zero-order valence-corrected chi connectivity index (χ0v) is 29.5. The first-order valence-corrected chi connectivity index (χ1v) is 18.3. The largest absolute Gasteiger partial charge is 0.308 e. The molecule has 0 saturated carbocycles. The molecule has 5 nitrogen and oxygen atoms in total. The third-order valence-corrected chi connectivity index (χ3v) is 11.1. The van der Waals surface area contributed by atoms with Crippen LogP contribution in [0.3, 0.4) is 0 Å². The summed E-state index contributed by atoms with van der Waals surface area (Å²) in [6, 6.07) is 65.9. The van der Waals surface area contributed by atoms with Crippen LogP contribution in [-0.2, 0) is 0 Å². The van der Waals surface area contributed by atoms with Crippen molar-refractivity contribution in [3.63, 3.8) is 0 Å². The van der Waals surface area contributed by atoms with E-state index in [1.165, 1.54) is 10.8 Å². The molecule has 3 heterocycles. The molecule has 0 aliphatic rings. The van der Waals surface area contributed by atoms with Gasteiger partial charge in [-0.3, -0.25) is 0 Å². The molecule has 8 aromatic carbocycles. The zero-order valence-electron chi connectivity index (χ0n) is 29.5. The Morgan fingerprint density at radius 2 is 0.873 bits per heavy atom. The summed E-state index contributed by atoms with van der Waals surface area (Å²) in [5.74, 6) is 0. The summed E-state index contributed by atoms with van der Waals surface area (Å²) in [7, 11) is 0. The van der Waals surface area contributed by atoms with Crippen LogP contribution in [0.1, 0.15) is 11.1 Å². The summed E-state index contributed by atoms with van der Waals surface area (Å²) in [6.07, 6.45) is 0. The molecule has 0 N–H and O–H groups in total. The number of aromatic nitrogens is 3. The molecular weight excluding hydrogens is 671 g/mol. The zero-order chi connectivity index (χ0) is 36.6.